The van der Waals surface area contributed by atoms with Crippen molar-refractivity contribution >= 4 is 89.5 Å². The van der Waals surface area contributed by atoms with Crippen LogP contribution in [0.5, 0.6) is 0 Å². The van der Waals surface area contributed by atoms with E-state index in [0.717, 1.165) is 32.7 Å². The summed E-state index contributed by atoms with van der Waals surface area (Å²) in [5.74, 6) is 0. The van der Waals surface area contributed by atoms with E-state index in [1.165, 1.54) is 10.4 Å². The molecule has 0 aliphatic carbocycles. The third kappa shape index (κ3) is 4.86. The molecule has 4 aromatic carbocycles. The van der Waals surface area contributed by atoms with E-state index < -0.39 is 36.2 Å². The molecular formula is C26H28Cl2O2S2Si2. The fourth-order valence-electron chi connectivity index (χ4n) is 4.34. The second-order valence-corrected chi connectivity index (χ2v) is 24.3. The molecule has 4 rings (SSSR count). The molecule has 2 nitrogen and oxygen atoms in total. The molecule has 0 heterocycles. The van der Waals surface area contributed by atoms with Crippen molar-refractivity contribution in [2.75, 3.05) is 0 Å². The maximum absolute atomic E-state index is 12.7. The van der Waals surface area contributed by atoms with E-state index >= 15 is 0 Å². The molecule has 0 radical (unpaired) electrons. The molecule has 0 fully saturated rings. The Labute approximate surface area is 217 Å². The largest absolute Gasteiger partial charge is 0.237 e. The fourth-order valence-corrected chi connectivity index (χ4v) is 8.55. The van der Waals surface area contributed by atoms with Gasteiger partial charge in [0.1, 0.15) is 20.0 Å². The van der Waals surface area contributed by atoms with Crippen LogP contribution in [0.25, 0.3) is 32.7 Å². The molecule has 0 saturated carbocycles. The van der Waals surface area contributed by atoms with Gasteiger partial charge in [0.15, 0.2) is 0 Å². The average molecular weight is 564 g/mol. The molecule has 34 heavy (non-hydrogen) atoms. The highest BCUT2D eigenvalue weighted by atomic mass is 35.7. The quantitative estimate of drug-likeness (QED) is 0.189. The van der Waals surface area contributed by atoms with Gasteiger partial charge in [-0.3, -0.25) is 0 Å². The van der Waals surface area contributed by atoms with Crippen LogP contribution in [-0.2, 0) is 20.0 Å². The Bertz CT molecular complexity index is 1380. The normalized spacial score (nSPS) is 14.5. The SMILES string of the molecule is C[Si](C)(C)c1ccc2c(-c3c(S(=O)Cl)ccc4cc([Si](C)(C)C)ccc34)c(S(=O)Cl)ccc2c1. The van der Waals surface area contributed by atoms with Gasteiger partial charge in [0.2, 0.25) is 0 Å². The Morgan fingerprint density at radius 3 is 1.21 bits per heavy atom. The summed E-state index contributed by atoms with van der Waals surface area (Å²) >= 11 is 0. The Morgan fingerprint density at radius 1 is 0.559 bits per heavy atom. The second kappa shape index (κ2) is 9.30. The zero-order chi connectivity index (χ0) is 25.0. The van der Waals surface area contributed by atoms with Gasteiger partial charge in [0.05, 0.1) is 25.9 Å². The van der Waals surface area contributed by atoms with Crippen LogP contribution < -0.4 is 10.4 Å². The maximum atomic E-state index is 12.7. The topological polar surface area (TPSA) is 34.1 Å². The van der Waals surface area contributed by atoms with Crippen molar-refractivity contribution in [1.82, 2.24) is 0 Å². The van der Waals surface area contributed by atoms with E-state index in [0.29, 0.717) is 9.79 Å². The highest BCUT2D eigenvalue weighted by Crippen LogP contribution is 2.42. The molecular weight excluding hydrogens is 535 g/mol. The Hall–Kier alpha value is -1.29. The van der Waals surface area contributed by atoms with Crippen LogP contribution in [0, 0.1) is 0 Å². The van der Waals surface area contributed by atoms with Crippen LogP contribution in [0.4, 0.5) is 0 Å². The van der Waals surface area contributed by atoms with Gasteiger partial charge in [-0.2, -0.15) is 0 Å². The Kier molecular flexibility index (Phi) is 7.06. The van der Waals surface area contributed by atoms with Crippen LogP contribution in [0.1, 0.15) is 0 Å². The number of rotatable bonds is 5. The zero-order valence-electron chi connectivity index (χ0n) is 20.2. The Balaban J connectivity index is 2.17. The van der Waals surface area contributed by atoms with Gasteiger partial charge >= 0.3 is 0 Å². The summed E-state index contributed by atoms with van der Waals surface area (Å²) in [6.07, 6.45) is 0. The lowest BCUT2D eigenvalue weighted by Crippen LogP contribution is -2.37. The van der Waals surface area contributed by atoms with Crippen molar-refractivity contribution in [1.29, 1.82) is 0 Å². The number of benzene rings is 4. The third-order valence-electron chi connectivity index (χ3n) is 6.29. The first kappa shape index (κ1) is 25.8. The predicted molar refractivity (Wildman–Crippen MR) is 157 cm³/mol. The highest BCUT2D eigenvalue weighted by Gasteiger charge is 2.24. The molecule has 0 aliphatic rings. The van der Waals surface area contributed by atoms with E-state index in [9.17, 15) is 8.42 Å². The first-order valence-corrected chi connectivity index (χ1v) is 22.0. The van der Waals surface area contributed by atoms with Crippen molar-refractivity contribution in [3.63, 3.8) is 0 Å². The molecule has 2 atom stereocenters. The fraction of sp³-hybridized carbons (Fsp3) is 0.231. The van der Waals surface area contributed by atoms with Crippen molar-refractivity contribution < 1.29 is 8.42 Å². The van der Waals surface area contributed by atoms with Crippen molar-refractivity contribution in [3.8, 4) is 11.1 Å². The molecule has 0 bridgehead atoms. The first-order chi connectivity index (χ1) is 15.8. The van der Waals surface area contributed by atoms with Crippen LogP contribution in [0.15, 0.2) is 70.5 Å². The monoisotopic (exact) mass is 562 g/mol. The molecule has 0 aromatic heterocycles. The maximum Gasteiger partial charge on any atom is 0.148 e. The minimum Gasteiger partial charge on any atom is -0.237 e. The minimum atomic E-state index is -1.76. The number of hydrogen-bond acceptors (Lipinski definition) is 2. The molecule has 4 aromatic rings. The number of hydrogen-bond donors (Lipinski definition) is 0. The summed E-state index contributed by atoms with van der Waals surface area (Å²) in [6, 6.07) is 20.5. The summed E-state index contributed by atoms with van der Waals surface area (Å²) in [6.45, 7) is 13.9. The summed E-state index contributed by atoms with van der Waals surface area (Å²) in [7, 11) is 5.84. The van der Waals surface area contributed by atoms with Gasteiger partial charge in [-0.15, -0.1) is 0 Å². The van der Waals surface area contributed by atoms with Crippen LogP contribution >= 0.6 is 21.4 Å². The smallest absolute Gasteiger partial charge is 0.148 e. The number of halogens is 2. The average Bonchev–Trinajstić information content (AvgIpc) is 2.75. The standard InChI is InChI=1S/C26H28Cl2O2S2Si2/c1-33(2,3)19-9-11-21-17(15-19)7-13-23(31(27)29)25(21)26-22-12-10-20(34(4,5)6)16-18(22)8-14-24(26)32(28)30/h7-16H,1-6H3. The molecule has 0 saturated heterocycles. The van der Waals surface area contributed by atoms with E-state index in [-0.39, 0.29) is 0 Å². The summed E-state index contributed by atoms with van der Waals surface area (Å²) in [5, 5.41) is 6.62. The molecule has 0 amide bonds. The second-order valence-electron chi connectivity index (χ2n) is 10.7. The van der Waals surface area contributed by atoms with Crippen molar-refractivity contribution in [3.05, 3.63) is 60.7 Å². The lowest BCUT2D eigenvalue weighted by atomic mass is 9.93. The van der Waals surface area contributed by atoms with Crippen molar-refractivity contribution in [2.45, 2.75) is 49.1 Å². The van der Waals surface area contributed by atoms with Gasteiger partial charge in [0, 0.05) is 11.1 Å². The molecule has 0 spiro atoms. The lowest BCUT2D eigenvalue weighted by molar-refractivity contribution is 0.690. The highest BCUT2D eigenvalue weighted by molar-refractivity contribution is 8.08. The predicted octanol–water partition coefficient (Wildman–Crippen LogP) is 7.27. The van der Waals surface area contributed by atoms with Gasteiger partial charge in [0.25, 0.3) is 0 Å². The van der Waals surface area contributed by atoms with E-state index in [1.807, 2.05) is 24.3 Å². The van der Waals surface area contributed by atoms with Gasteiger partial charge in [-0.05, 0) is 55.0 Å². The zero-order valence-corrected chi connectivity index (χ0v) is 25.3. The molecule has 178 valence electrons. The molecule has 0 aliphatic heterocycles. The number of fused-ring (bicyclic) bond motifs is 2. The minimum absolute atomic E-state index is 0.500. The van der Waals surface area contributed by atoms with Gasteiger partial charge in [-0.25, -0.2) is 8.42 Å². The van der Waals surface area contributed by atoms with E-state index in [1.54, 1.807) is 0 Å². The summed E-state index contributed by atoms with van der Waals surface area (Å²) in [5.41, 5.74) is 1.48. The third-order valence-corrected chi connectivity index (χ3v) is 12.7. The van der Waals surface area contributed by atoms with Crippen molar-refractivity contribution in [2.24, 2.45) is 0 Å². The van der Waals surface area contributed by atoms with Crippen LogP contribution in [0.3, 0.4) is 0 Å². The van der Waals surface area contributed by atoms with E-state index in [2.05, 4.69) is 75.7 Å². The van der Waals surface area contributed by atoms with E-state index in [4.69, 9.17) is 21.4 Å². The van der Waals surface area contributed by atoms with Crippen LogP contribution in [-0.4, -0.2) is 24.6 Å². The Morgan fingerprint density at radius 2 is 0.912 bits per heavy atom. The molecule has 2 unspecified atom stereocenters. The van der Waals surface area contributed by atoms with Gasteiger partial charge in [-0.1, -0.05) is 98.2 Å². The lowest BCUT2D eigenvalue weighted by Gasteiger charge is -2.21. The summed E-state index contributed by atoms with van der Waals surface area (Å²) in [4.78, 5) is 1.00. The molecule has 8 heteroatoms. The summed E-state index contributed by atoms with van der Waals surface area (Å²) < 4.78 is 25.4. The van der Waals surface area contributed by atoms with Gasteiger partial charge < -0.3 is 0 Å². The van der Waals surface area contributed by atoms with Crippen LogP contribution in [0.2, 0.25) is 39.3 Å². The molecule has 0 N–H and O–H groups in total. The first-order valence-electron chi connectivity index (χ1n) is 11.1.